The summed E-state index contributed by atoms with van der Waals surface area (Å²) in [4.78, 5) is 20.9. The van der Waals surface area contributed by atoms with Crippen LogP contribution in [-0.4, -0.2) is 23.8 Å². The van der Waals surface area contributed by atoms with Crippen LogP contribution in [0.5, 0.6) is 0 Å². The van der Waals surface area contributed by atoms with E-state index in [1.165, 1.54) is 32.1 Å². The third kappa shape index (κ3) is 4.89. The second-order valence-corrected chi connectivity index (χ2v) is 5.08. The SMILES string of the molecule is C#CCCC(N)=O.O=C1CNC2(CCCCC2)C1. The predicted octanol–water partition coefficient (Wildman–Crippen LogP) is 1.14. The molecule has 1 aliphatic carbocycles. The number of primary amides is 1. The maximum atomic E-state index is 11.1. The number of Topliss-reactive ketones (excluding diaryl/α,β-unsaturated/α-hetero) is 1. The normalized spacial score (nSPS) is 20.9. The number of nitrogens with one attached hydrogen (secondary N) is 1. The summed E-state index contributed by atoms with van der Waals surface area (Å²) in [6.45, 7) is 0.625. The molecule has 4 nitrogen and oxygen atoms in total. The summed E-state index contributed by atoms with van der Waals surface area (Å²) in [7, 11) is 0. The van der Waals surface area contributed by atoms with E-state index < -0.39 is 0 Å². The van der Waals surface area contributed by atoms with Crippen LogP contribution in [0.15, 0.2) is 0 Å². The van der Waals surface area contributed by atoms with E-state index in [-0.39, 0.29) is 11.4 Å². The van der Waals surface area contributed by atoms with Gasteiger partial charge >= 0.3 is 0 Å². The Bertz CT molecular complexity index is 338. The summed E-state index contributed by atoms with van der Waals surface area (Å²) in [5, 5.41) is 3.37. The van der Waals surface area contributed by atoms with Crippen LogP contribution in [0, 0.1) is 12.3 Å². The van der Waals surface area contributed by atoms with E-state index >= 15 is 0 Å². The van der Waals surface area contributed by atoms with E-state index in [0.29, 0.717) is 25.2 Å². The van der Waals surface area contributed by atoms with Crippen LogP contribution < -0.4 is 11.1 Å². The van der Waals surface area contributed by atoms with E-state index in [2.05, 4.69) is 11.2 Å². The van der Waals surface area contributed by atoms with Gasteiger partial charge in [0.05, 0.1) is 6.54 Å². The first kappa shape index (κ1) is 14.7. The third-order valence-electron chi connectivity index (χ3n) is 3.52. The average Bonchev–Trinajstić information content (AvgIpc) is 2.69. The summed E-state index contributed by atoms with van der Waals surface area (Å²) in [5.41, 5.74) is 4.99. The number of amides is 1. The standard InChI is InChI=1S/C9H15NO.C5H7NO/c11-8-6-9(10-7-8)4-2-1-3-5-9;1-2-3-4-5(6)7/h10H,1-7H2;1H,3-4H2,(H2,6,7). The number of nitrogens with two attached hydrogens (primary N) is 1. The number of hydrogen-bond acceptors (Lipinski definition) is 3. The van der Waals surface area contributed by atoms with Crippen molar-refractivity contribution in [2.24, 2.45) is 5.73 Å². The summed E-state index contributed by atoms with van der Waals surface area (Å²) in [6.07, 6.45) is 12.8. The van der Waals surface area contributed by atoms with Crippen LogP contribution >= 0.6 is 0 Å². The molecule has 18 heavy (non-hydrogen) atoms. The van der Waals surface area contributed by atoms with Gasteiger partial charge in [-0.25, -0.2) is 0 Å². The molecule has 0 bridgehead atoms. The first-order chi connectivity index (χ1) is 8.58. The summed E-state index contributed by atoms with van der Waals surface area (Å²) < 4.78 is 0. The zero-order valence-electron chi connectivity index (χ0n) is 10.8. The van der Waals surface area contributed by atoms with E-state index in [1.807, 2.05) is 0 Å². The van der Waals surface area contributed by atoms with Crippen molar-refractivity contribution < 1.29 is 9.59 Å². The van der Waals surface area contributed by atoms with Gasteiger partial charge < -0.3 is 11.1 Å². The Morgan fingerprint density at radius 1 is 1.39 bits per heavy atom. The number of rotatable bonds is 2. The lowest BCUT2D eigenvalue weighted by molar-refractivity contribution is -0.118. The smallest absolute Gasteiger partial charge is 0.218 e. The van der Waals surface area contributed by atoms with Gasteiger partial charge in [-0.05, 0) is 12.8 Å². The summed E-state index contributed by atoms with van der Waals surface area (Å²) in [5.74, 6) is 2.37. The molecule has 0 aromatic carbocycles. The Labute approximate surface area is 109 Å². The minimum Gasteiger partial charge on any atom is -0.370 e. The molecular weight excluding hydrogens is 228 g/mol. The molecule has 2 fully saturated rings. The van der Waals surface area contributed by atoms with Crippen LogP contribution in [0.2, 0.25) is 0 Å². The fraction of sp³-hybridized carbons (Fsp3) is 0.714. The first-order valence-corrected chi connectivity index (χ1v) is 6.56. The lowest BCUT2D eigenvalue weighted by atomic mass is 9.81. The van der Waals surface area contributed by atoms with E-state index in [9.17, 15) is 9.59 Å². The molecule has 1 aliphatic heterocycles. The number of ketones is 1. The van der Waals surface area contributed by atoms with Crippen molar-refractivity contribution in [2.45, 2.75) is 56.9 Å². The fourth-order valence-electron chi connectivity index (χ4n) is 2.57. The molecule has 1 spiro atoms. The molecule has 0 aromatic heterocycles. The van der Waals surface area contributed by atoms with Gasteiger partial charge in [-0.15, -0.1) is 12.3 Å². The van der Waals surface area contributed by atoms with Crippen LogP contribution in [0.25, 0.3) is 0 Å². The highest BCUT2D eigenvalue weighted by molar-refractivity contribution is 5.84. The molecule has 0 atom stereocenters. The van der Waals surface area contributed by atoms with E-state index in [0.717, 1.165) is 6.42 Å². The molecule has 1 saturated carbocycles. The van der Waals surface area contributed by atoms with Crippen LogP contribution in [0.3, 0.4) is 0 Å². The number of carbonyl (C=O) groups is 2. The number of carbonyl (C=O) groups excluding carboxylic acids is 2. The average molecular weight is 250 g/mol. The van der Waals surface area contributed by atoms with Gasteiger partial charge in [0, 0.05) is 24.8 Å². The summed E-state index contributed by atoms with van der Waals surface area (Å²) >= 11 is 0. The summed E-state index contributed by atoms with van der Waals surface area (Å²) in [6, 6.07) is 0. The Balaban J connectivity index is 0.000000203. The Morgan fingerprint density at radius 2 is 2.06 bits per heavy atom. The van der Waals surface area contributed by atoms with E-state index in [4.69, 9.17) is 12.2 Å². The Hall–Kier alpha value is -1.34. The highest BCUT2D eigenvalue weighted by Gasteiger charge is 2.38. The zero-order valence-corrected chi connectivity index (χ0v) is 10.8. The molecule has 0 unspecified atom stereocenters. The molecule has 1 saturated heterocycles. The Kier molecular flexibility index (Phi) is 5.87. The lowest BCUT2D eigenvalue weighted by Gasteiger charge is -2.32. The topological polar surface area (TPSA) is 72.2 Å². The predicted molar refractivity (Wildman–Crippen MR) is 70.7 cm³/mol. The molecular formula is C14H22N2O2. The zero-order chi connectivity index (χ0) is 13.4. The van der Waals surface area contributed by atoms with E-state index in [1.54, 1.807) is 0 Å². The van der Waals surface area contributed by atoms with Crippen molar-refractivity contribution in [1.29, 1.82) is 0 Å². The Morgan fingerprint density at radius 3 is 2.44 bits per heavy atom. The van der Waals surface area contributed by atoms with Gasteiger partial charge in [-0.1, -0.05) is 19.3 Å². The molecule has 4 heteroatoms. The molecule has 100 valence electrons. The van der Waals surface area contributed by atoms with Crippen molar-refractivity contribution in [2.75, 3.05) is 6.54 Å². The van der Waals surface area contributed by atoms with Crippen molar-refractivity contribution in [1.82, 2.24) is 5.32 Å². The minimum absolute atomic E-state index is 0.245. The second kappa shape index (κ2) is 7.17. The van der Waals surface area contributed by atoms with Crippen molar-refractivity contribution in [3.63, 3.8) is 0 Å². The van der Waals surface area contributed by atoms with Crippen LogP contribution in [-0.2, 0) is 9.59 Å². The highest BCUT2D eigenvalue weighted by Crippen LogP contribution is 2.33. The maximum Gasteiger partial charge on any atom is 0.218 e. The van der Waals surface area contributed by atoms with Gasteiger partial charge in [-0.3, -0.25) is 9.59 Å². The second-order valence-electron chi connectivity index (χ2n) is 5.08. The van der Waals surface area contributed by atoms with Crippen molar-refractivity contribution >= 4 is 11.7 Å². The third-order valence-corrected chi connectivity index (χ3v) is 3.52. The largest absolute Gasteiger partial charge is 0.370 e. The van der Waals surface area contributed by atoms with Crippen molar-refractivity contribution in [3.8, 4) is 12.3 Å². The first-order valence-electron chi connectivity index (χ1n) is 6.56. The molecule has 2 rings (SSSR count). The van der Waals surface area contributed by atoms with Gasteiger partial charge in [0.2, 0.25) is 5.91 Å². The molecule has 3 N–H and O–H groups in total. The van der Waals surface area contributed by atoms with Crippen LogP contribution in [0.1, 0.15) is 51.4 Å². The molecule has 0 aromatic rings. The highest BCUT2D eigenvalue weighted by atomic mass is 16.1. The molecule has 1 heterocycles. The molecule has 1 amide bonds. The molecule has 0 radical (unpaired) electrons. The molecule has 2 aliphatic rings. The minimum atomic E-state index is -0.335. The van der Waals surface area contributed by atoms with Gasteiger partial charge in [0.1, 0.15) is 5.78 Å². The lowest BCUT2D eigenvalue weighted by Crippen LogP contribution is -2.41. The maximum absolute atomic E-state index is 11.1. The van der Waals surface area contributed by atoms with Crippen LogP contribution in [0.4, 0.5) is 0 Å². The quantitative estimate of drug-likeness (QED) is 0.722. The van der Waals surface area contributed by atoms with Gasteiger partial charge in [0.25, 0.3) is 0 Å². The van der Waals surface area contributed by atoms with Gasteiger partial charge in [0.15, 0.2) is 0 Å². The fourth-order valence-corrected chi connectivity index (χ4v) is 2.57. The number of terminal acetylenes is 1. The van der Waals surface area contributed by atoms with Crippen molar-refractivity contribution in [3.05, 3.63) is 0 Å². The monoisotopic (exact) mass is 250 g/mol. The van der Waals surface area contributed by atoms with Gasteiger partial charge in [-0.2, -0.15) is 0 Å². The number of hydrogen-bond donors (Lipinski definition) is 2.